The molecule has 2 nitrogen and oxygen atoms in total. The first-order chi connectivity index (χ1) is 1.91. The molecule has 0 aromatic rings. The van der Waals surface area contributed by atoms with Gasteiger partial charge in [0.05, 0.1) is 0 Å². The largest absolute Gasteiger partial charge is 0.316 e. The van der Waals surface area contributed by atoms with Crippen LogP contribution >= 0.6 is 8.46 Å². The van der Waals surface area contributed by atoms with Crippen LogP contribution in [0, 0.1) is 6.29 Å². The molecule has 3 heteroatoms. The maximum Gasteiger partial charge on any atom is 0.176 e. The van der Waals surface area contributed by atoms with E-state index in [0.717, 1.165) is 6.29 Å². The van der Waals surface area contributed by atoms with Crippen molar-refractivity contribution in [2.24, 2.45) is 5.73 Å². The minimum atomic E-state index is -0.0988. The molecule has 0 unspecified atom stereocenters. The van der Waals surface area contributed by atoms with Crippen molar-refractivity contribution in [3.05, 3.63) is 6.29 Å². The lowest BCUT2D eigenvalue weighted by Crippen LogP contribution is -1.74. The Labute approximate surface area is 26.2 Å². The van der Waals surface area contributed by atoms with Gasteiger partial charge in [0, 0.05) is 0 Å². The van der Waals surface area contributed by atoms with Crippen LogP contribution < -0.4 is 5.73 Å². The van der Waals surface area contributed by atoms with E-state index < -0.39 is 0 Å². The van der Waals surface area contributed by atoms with Crippen LogP contribution in [0.2, 0.25) is 0 Å². The van der Waals surface area contributed by atoms with Crippen LogP contribution in [0.15, 0.2) is 0 Å². The first-order valence-electron chi connectivity index (χ1n) is 0.774. The average Bonchev–Trinajstić information content (AvgIpc) is 1.37. The molecule has 0 bridgehead atoms. The fraction of sp³-hybridized carbons (Fsp3) is 0. The molecule has 0 aliphatic rings. The average molecular weight is 76.0 g/mol. The third kappa shape index (κ3) is 2.06. The molecule has 0 saturated heterocycles. The summed E-state index contributed by atoms with van der Waals surface area (Å²) in [5.41, 5.74) is 4.58. The smallest absolute Gasteiger partial charge is 0.176 e. The van der Waals surface area contributed by atoms with Gasteiger partial charge in [-0.3, -0.25) is 4.57 Å². The third-order valence-corrected chi connectivity index (χ3v) is 0.183. The molecule has 0 heterocycles. The highest BCUT2D eigenvalue weighted by atomic mass is 31.1. The molecule has 0 amide bonds. The van der Waals surface area contributed by atoms with E-state index in [2.05, 4.69) is 5.73 Å². The zero-order valence-corrected chi connectivity index (χ0v) is 2.90. The first-order valence-corrected chi connectivity index (χ1v) is 1.66. The second-order valence-corrected chi connectivity index (χ2v) is 0.763. The van der Waals surface area contributed by atoms with Gasteiger partial charge in [0.25, 0.3) is 0 Å². The molecule has 0 rings (SSSR count). The fourth-order valence-corrected chi connectivity index (χ4v) is 0. The van der Waals surface area contributed by atoms with Gasteiger partial charge in [0.1, 0.15) is 6.29 Å². The number of hydrogen-bond acceptors (Lipinski definition) is 2. The van der Waals surface area contributed by atoms with E-state index in [0.29, 0.717) is 0 Å². The van der Waals surface area contributed by atoms with Gasteiger partial charge < -0.3 is 5.73 Å². The van der Waals surface area contributed by atoms with Crippen molar-refractivity contribution in [2.45, 2.75) is 0 Å². The summed E-state index contributed by atoms with van der Waals surface area (Å²) in [6.07, 6.45) is 1.04. The summed E-state index contributed by atoms with van der Waals surface area (Å²) < 4.78 is 9.09. The van der Waals surface area contributed by atoms with Gasteiger partial charge in [-0.15, -0.1) is 0 Å². The van der Waals surface area contributed by atoms with Crippen molar-refractivity contribution in [1.29, 1.82) is 0 Å². The summed E-state index contributed by atoms with van der Waals surface area (Å²) in [6.45, 7) is 0. The van der Waals surface area contributed by atoms with Crippen molar-refractivity contribution in [3.63, 3.8) is 0 Å². The lowest BCUT2D eigenvalue weighted by atomic mass is 11.6. The topological polar surface area (TPSA) is 43.1 Å². The van der Waals surface area contributed by atoms with Gasteiger partial charge in [-0.2, -0.15) is 0 Å². The van der Waals surface area contributed by atoms with E-state index in [1.165, 1.54) is 0 Å². The predicted octanol–water partition coefficient (Wildman–Crippen LogP) is 0.356. The van der Waals surface area contributed by atoms with Gasteiger partial charge in [-0.05, 0) is 0 Å². The Morgan fingerprint density at radius 3 is 2.25 bits per heavy atom. The Bertz CT molecular complexity index is 22.0. The molecule has 0 fully saturated rings. The Kier molecular flexibility index (Phi) is 3.11. The zero-order chi connectivity index (χ0) is 3.41. The van der Waals surface area contributed by atoms with E-state index >= 15 is 0 Å². The van der Waals surface area contributed by atoms with E-state index in [4.69, 9.17) is 4.57 Å². The highest BCUT2D eigenvalue weighted by Crippen LogP contribution is 1.83. The molecule has 0 atom stereocenters. The molecule has 1 radical (unpaired) electrons. The molecular formula is CH3NOP. The van der Waals surface area contributed by atoms with Gasteiger partial charge in [-0.1, -0.05) is 0 Å². The van der Waals surface area contributed by atoms with Crippen LogP contribution in [0.3, 0.4) is 0 Å². The summed E-state index contributed by atoms with van der Waals surface area (Å²) >= 11 is 0. The molecule has 23 valence electrons. The summed E-state index contributed by atoms with van der Waals surface area (Å²) in [7, 11) is -0.0988. The zero-order valence-electron chi connectivity index (χ0n) is 2.01. The highest BCUT2D eigenvalue weighted by Gasteiger charge is 1.55. The van der Waals surface area contributed by atoms with Crippen molar-refractivity contribution < 1.29 is 4.57 Å². The van der Waals surface area contributed by atoms with Crippen molar-refractivity contribution in [3.8, 4) is 0 Å². The predicted molar refractivity (Wildman–Crippen MR) is 16.1 cm³/mol. The van der Waals surface area contributed by atoms with Crippen molar-refractivity contribution >= 4 is 8.46 Å². The number of hydrogen-bond donors (Lipinski definition) is 1. The number of nitrogens with two attached hydrogens (primary N) is 1. The van der Waals surface area contributed by atoms with Gasteiger partial charge in [-0.25, -0.2) is 0 Å². The van der Waals surface area contributed by atoms with Crippen molar-refractivity contribution in [2.75, 3.05) is 0 Å². The molecule has 4 heavy (non-hydrogen) atoms. The van der Waals surface area contributed by atoms with Crippen LogP contribution in [-0.4, -0.2) is 0 Å². The van der Waals surface area contributed by atoms with Crippen LogP contribution in [0.25, 0.3) is 0 Å². The Hall–Kier alpha value is 0.0600. The lowest BCUT2D eigenvalue weighted by Gasteiger charge is -1.51. The second-order valence-electron chi connectivity index (χ2n) is 0.254. The minimum Gasteiger partial charge on any atom is -0.316 e. The molecule has 0 spiro atoms. The second kappa shape index (κ2) is 3.06. The molecule has 0 aliphatic heterocycles. The Balaban J connectivity index is 2.30. The van der Waals surface area contributed by atoms with E-state index in [1.54, 1.807) is 0 Å². The first kappa shape index (κ1) is 4.06. The monoisotopic (exact) mass is 76.0 g/mol. The molecule has 0 aromatic heterocycles. The summed E-state index contributed by atoms with van der Waals surface area (Å²) in [6, 6.07) is 0. The molecule has 0 saturated carbocycles. The van der Waals surface area contributed by atoms with Gasteiger partial charge in [0.15, 0.2) is 8.46 Å². The van der Waals surface area contributed by atoms with E-state index in [1.807, 2.05) is 0 Å². The highest BCUT2D eigenvalue weighted by molar-refractivity contribution is 7.26. The normalized spacial score (nSPS) is 8.25. The van der Waals surface area contributed by atoms with Gasteiger partial charge >= 0.3 is 0 Å². The van der Waals surface area contributed by atoms with Crippen molar-refractivity contribution in [1.82, 2.24) is 0 Å². The Morgan fingerprint density at radius 1 is 2.00 bits per heavy atom. The Morgan fingerprint density at radius 2 is 2.25 bits per heavy atom. The van der Waals surface area contributed by atoms with Crippen LogP contribution in [0.5, 0.6) is 0 Å². The number of rotatable bonds is 1. The van der Waals surface area contributed by atoms with Crippen LogP contribution in [0.4, 0.5) is 0 Å². The van der Waals surface area contributed by atoms with Crippen LogP contribution in [0.1, 0.15) is 0 Å². The summed E-state index contributed by atoms with van der Waals surface area (Å²) in [5.74, 6) is 0. The summed E-state index contributed by atoms with van der Waals surface area (Å²) in [4.78, 5) is 0. The standard InChI is InChI=1S/CH3NOP/c2-1-4-3/h1H,2H2. The van der Waals surface area contributed by atoms with Gasteiger partial charge in [0.2, 0.25) is 0 Å². The maximum atomic E-state index is 9.09. The quantitative estimate of drug-likeness (QED) is 0.458. The maximum absolute atomic E-state index is 9.09. The minimum absolute atomic E-state index is 0.0988. The lowest BCUT2D eigenvalue weighted by molar-refractivity contribution is 0.601. The third-order valence-electron chi connectivity index (χ3n) is 0.0609. The molecule has 2 N–H and O–H groups in total. The molecular weight excluding hydrogens is 73.0 g/mol. The fourth-order valence-electron chi connectivity index (χ4n) is 0. The molecule has 0 aromatic carbocycles. The van der Waals surface area contributed by atoms with E-state index in [-0.39, 0.29) is 8.46 Å². The SMILES string of the molecule is N[CH]P=O. The van der Waals surface area contributed by atoms with Crippen LogP contribution in [-0.2, 0) is 4.57 Å². The summed E-state index contributed by atoms with van der Waals surface area (Å²) in [5, 5.41) is 0. The molecule has 0 aliphatic carbocycles. The van der Waals surface area contributed by atoms with E-state index in [9.17, 15) is 0 Å².